The number of rotatable bonds is 2. The first-order valence-electron chi connectivity index (χ1n) is 10.4. The van der Waals surface area contributed by atoms with Gasteiger partial charge < -0.3 is 5.11 Å². The van der Waals surface area contributed by atoms with Gasteiger partial charge in [-0.3, -0.25) is 9.59 Å². The molecule has 2 unspecified atom stereocenters. The zero-order valence-electron chi connectivity index (χ0n) is 16.3. The quantitative estimate of drug-likeness (QED) is 0.769. The zero-order valence-corrected chi connectivity index (χ0v) is 17.1. The first kappa shape index (κ1) is 18.7. The van der Waals surface area contributed by atoms with Crippen LogP contribution in [0.4, 0.5) is 0 Å². The molecule has 3 nitrogen and oxygen atoms in total. The van der Waals surface area contributed by atoms with Crippen LogP contribution in [0.1, 0.15) is 72.1 Å². The Bertz CT molecular complexity index is 656. The second kappa shape index (κ2) is 6.48. The summed E-state index contributed by atoms with van der Waals surface area (Å²) in [5.74, 6) is 1.80. The number of allylic oxidation sites excluding steroid dienone is 1. The van der Waals surface area contributed by atoms with Crippen LogP contribution in [0.2, 0.25) is 0 Å². The SMILES string of the molecule is CCC(=O)SC1CC2=CC(=O)CC[C@]2(C)[C@H]2CC[C@]3(C)C(O)CC[C@H]3[C@H]12. The van der Waals surface area contributed by atoms with E-state index >= 15 is 0 Å². The lowest BCUT2D eigenvalue weighted by atomic mass is 9.47. The highest BCUT2D eigenvalue weighted by Crippen LogP contribution is 2.66. The molecule has 4 aliphatic carbocycles. The van der Waals surface area contributed by atoms with Gasteiger partial charge in [-0.2, -0.15) is 0 Å². The average Bonchev–Trinajstić information content (AvgIpc) is 2.91. The minimum Gasteiger partial charge on any atom is -0.393 e. The molecule has 7 atom stereocenters. The maximum absolute atomic E-state index is 12.3. The van der Waals surface area contributed by atoms with Gasteiger partial charge >= 0.3 is 0 Å². The highest BCUT2D eigenvalue weighted by atomic mass is 32.2. The molecule has 0 spiro atoms. The summed E-state index contributed by atoms with van der Waals surface area (Å²) in [6, 6.07) is 0. The highest BCUT2D eigenvalue weighted by molar-refractivity contribution is 8.14. The molecule has 144 valence electrons. The number of fused-ring (bicyclic) bond motifs is 5. The summed E-state index contributed by atoms with van der Waals surface area (Å²) >= 11 is 1.54. The third-order valence-corrected chi connectivity index (χ3v) is 9.82. The predicted molar refractivity (Wildman–Crippen MR) is 105 cm³/mol. The van der Waals surface area contributed by atoms with Crippen molar-refractivity contribution in [3.05, 3.63) is 11.6 Å². The van der Waals surface area contributed by atoms with E-state index < -0.39 is 0 Å². The van der Waals surface area contributed by atoms with Gasteiger partial charge in [0.2, 0.25) is 0 Å². The fourth-order valence-electron chi connectivity index (χ4n) is 6.84. The molecule has 0 aromatic rings. The Balaban J connectivity index is 1.74. The molecule has 0 aromatic carbocycles. The van der Waals surface area contributed by atoms with Gasteiger partial charge in [-0.25, -0.2) is 0 Å². The number of carbonyl (C=O) groups is 2. The summed E-state index contributed by atoms with van der Waals surface area (Å²) in [6.45, 7) is 6.60. The Morgan fingerprint density at radius 1 is 1.23 bits per heavy atom. The van der Waals surface area contributed by atoms with Crippen LogP contribution < -0.4 is 0 Å². The molecule has 0 heterocycles. The second-order valence-electron chi connectivity index (χ2n) is 9.57. The van der Waals surface area contributed by atoms with E-state index in [1.54, 1.807) is 0 Å². The summed E-state index contributed by atoms with van der Waals surface area (Å²) < 4.78 is 0. The lowest BCUT2D eigenvalue weighted by molar-refractivity contribution is -0.117. The van der Waals surface area contributed by atoms with Crippen molar-refractivity contribution in [1.29, 1.82) is 0 Å². The lowest BCUT2D eigenvalue weighted by Gasteiger charge is -2.59. The Morgan fingerprint density at radius 3 is 2.73 bits per heavy atom. The van der Waals surface area contributed by atoms with Crippen LogP contribution in [0.15, 0.2) is 11.6 Å². The van der Waals surface area contributed by atoms with E-state index in [0.717, 1.165) is 38.5 Å². The predicted octanol–water partition coefficient (Wildman–Crippen LogP) is 4.53. The standard InChI is InChI=1S/C22H32O3S/c1-4-19(25)26-17-12-13-11-14(23)7-9-21(13,2)16-8-10-22(3)15(20(16)17)5-6-18(22)24/h11,15-18,20,24H,4-10,12H2,1-3H3/t15-,16-,17?,18?,20-,21-,22-/m0/s1. The van der Waals surface area contributed by atoms with E-state index in [0.29, 0.717) is 30.6 Å². The van der Waals surface area contributed by atoms with Crippen LogP contribution in [0.3, 0.4) is 0 Å². The van der Waals surface area contributed by atoms with Crippen molar-refractivity contribution in [1.82, 2.24) is 0 Å². The van der Waals surface area contributed by atoms with Crippen molar-refractivity contribution in [2.45, 2.75) is 83.5 Å². The minimum absolute atomic E-state index is 0.0112. The van der Waals surface area contributed by atoms with E-state index in [-0.39, 0.29) is 33.1 Å². The molecule has 0 saturated heterocycles. The Hall–Kier alpha value is -0.610. The van der Waals surface area contributed by atoms with Crippen LogP contribution >= 0.6 is 11.8 Å². The summed E-state index contributed by atoms with van der Waals surface area (Å²) in [6.07, 6.45) is 8.99. The number of aliphatic hydroxyl groups excluding tert-OH is 1. The van der Waals surface area contributed by atoms with Crippen molar-refractivity contribution in [3.63, 3.8) is 0 Å². The summed E-state index contributed by atoms with van der Waals surface area (Å²) in [5.41, 5.74) is 1.43. The van der Waals surface area contributed by atoms with Gasteiger partial charge in [0.25, 0.3) is 0 Å². The molecule has 0 bridgehead atoms. The number of carbonyl (C=O) groups excluding carboxylic acids is 2. The van der Waals surface area contributed by atoms with Gasteiger partial charge in [-0.1, -0.05) is 38.1 Å². The molecule has 3 saturated carbocycles. The molecule has 4 rings (SSSR count). The molecule has 0 aromatic heterocycles. The van der Waals surface area contributed by atoms with E-state index in [1.807, 2.05) is 13.0 Å². The second-order valence-corrected chi connectivity index (χ2v) is 10.9. The molecule has 0 amide bonds. The molecule has 0 radical (unpaired) electrons. The monoisotopic (exact) mass is 376 g/mol. The van der Waals surface area contributed by atoms with Crippen molar-refractivity contribution in [2.24, 2.45) is 28.6 Å². The maximum atomic E-state index is 12.3. The molecule has 4 aliphatic rings. The van der Waals surface area contributed by atoms with Gasteiger partial charge in [-0.15, -0.1) is 0 Å². The molecule has 4 heteroatoms. The molecule has 26 heavy (non-hydrogen) atoms. The molecule has 1 N–H and O–H groups in total. The third kappa shape index (κ3) is 2.66. The number of ketones is 1. The molecular formula is C22H32O3S. The number of aliphatic hydroxyl groups is 1. The first-order valence-corrected chi connectivity index (χ1v) is 11.3. The molecule has 0 aliphatic heterocycles. The van der Waals surface area contributed by atoms with E-state index in [1.165, 1.54) is 17.3 Å². The topological polar surface area (TPSA) is 54.4 Å². The first-order chi connectivity index (χ1) is 12.3. The van der Waals surface area contributed by atoms with E-state index in [2.05, 4.69) is 13.8 Å². The molecule has 3 fully saturated rings. The van der Waals surface area contributed by atoms with Crippen LogP contribution in [-0.4, -0.2) is 27.4 Å². The van der Waals surface area contributed by atoms with Crippen molar-refractivity contribution < 1.29 is 14.7 Å². The zero-order chi connectivity index (χ0) is 18.7. The molecular weight excluding hydrogens is 344 g/mol. The average molecular weight is 377 g/mol. The van der Waals surface area contributed by atoms with Gasteiger partial charge in [0, 0.05) is 18.1 Å². The Morgan fingerprint density at radius 2 is 2.00 bits per heavy atom. The van der Waals surface area contributed by atoms with Gasteiger partial charge in [0.05, 0.1) is 6.10 Å². The van der Waals surface area contributed by atoms with Gasteiger partial charge in [-0.05, 0) is 73.2 Å². The number of hydrogen-bond acceptors (Lipinski definition) is 4. The van der Waals surface area contributed by atoms with Crippen LogP contribution in [0, 0.1) is 28.6 Å². The van der Waals surface area contributed by atoms with Gasteiger partial charge in [0.1, 0.15) is 0 Å². The summed E-state index contributed by atoms with van der Waals surface area (Å²) in [7, 11) is 0. The highest BCUT2D eigenvalue weighted by Gasteiger charge is 2.61. The smallest absolute Gasteiger partial charge is 0.188 e. The van der Waals surface area contributed by atoms with Crippen LogP contribution in [0.25, 0.3) is 0 Å². The fourth-order valence-corrected chi connectivity index (χ4v) is 8.15. The van der Waals surface area contributed by atoms with Crippen molar-refractivity contribution in [2.75, 3.05) is 0 Å². The number of hydrogen-bond donors (Lipinski definition) is 1. The third-order valence-electron chi connectivity index (χ3n) is 8.48. The Kier molecular flexibility index (Phi) is 4.67. The fraction of sp³-hybridized carbons (Fsp3) is 0.818. The Labute approximate surface area is 161 Å². The van der Waals surface area contributed by atoms with Crippen LogP contribution in [0.5, 0.6) is 0 Å². The van der Waals surface area contributed by atoms with Crippen molar-refractivity contribution in [3.8, 4) is 0 Å². The largest absolute Gasteiger partial charge is 0.393 e. The minimum atomic E-state index is -0.196. The van der Waals surface area contributed by atoms with Crippen LogP contribution in [-0.2, 0) is 9.59 Å². The van der Waals surface area contributed by atoms with Gasteiger partial charge in [0.15, 0.2) is 10.9 Å². The van der Waals surface area contributed by atoms with Crippen molar-refractivity contribution >= 4 is 22.7 Å². The van der Waals surface area contributed by atoms with E-state index in [9.17, 15) is 14.7 Å². The van der Waals surface area contributed by atoms with E-state index in [4.69, 9.17) is 0 Å². The number of thioether (sulfide) groups is 1. The normalized spacial score (nSPS) is 47.6. The summed E-state index contributed by atoms with van der Waals surface area (Å²) in [5, 5.41) is 11.2. The maximum Gasteiger partial charge on any atom is 0.188 e. The lowest BCUT2D eigenvalue weighted by Crippen LogP contribution is -2.55. The summed E-state index contributed by atoms with van der Waals surface area (Å²) in [4.78, 5) is 24.4.